The van der Waals surface area contributed by atoms with Gasteiger partial charge in [0, 0.05) is 5.92 Å². The van der Waals surface area contributed by atoms with Gasteiger partial charge in [0.15, 0.2) is 0 Å². The maximum atomic E-state index is 11.3. The number of rotatable bonds is 5. The molecule has 4 aliphatic carbocycles. The SMILES string of the molecule is C=CCC12CCCC(C#N)C1C(C)(C)CC2.C=CCC12CCCC(C=O)C1C(C)(C)CC2. The Morgan fingerprint density at radius 1 is 0.812 bits per heavy atom. The standard InChI is InChI=1S/C15H23N.C15H24O/c2*1-4-7-15-8-5-6-12(11-16)13(15)14(2,3)9-10-15/h4,12-13H,1,5-10H2,2-3H3;4,11-13H,1,5-10H2,2-3H3. The number of carbonyl (C=O) groups is 1. The van der Waals surface area contributed by atoms with Crippen molar-refractivity contribution in [2.45, 2.75) is 105 Å². The van der Waals surface area contributed by atoms with Gasteiger partial charge < -0.3 is 4.79 Å². The maximum Gasteiger partial charge on any atom is 0.123 e. The number of hydrogen-bond acceptors (Lipinski definition) is 2. The van der Waals surface area contributed by atoms with E-state index in [1.807, 2.05) is 0 Å². The molecule has 4 rings (SSSR count). The van der Waals surface area contributed by atoms with Gasteiger partial charge >= 0.3 is 0 Å². The highest BCUT2D eigenvalue weighted by atomic mass is 16.1. The van der Waals surface area contributed by atoms with E-state index in [4.69, 9.17) is 0 Å². The molecule has 0 heterocycles. The van der Waals surface area contributed by atoms with Gasteiger partial charge in [-0.05, 0) is 97.7 Å². The number of hydrogen-bond donors (Lipinski definition) is 0. The van der Waals surface area contributed by atoms with E-state index in [1.54, 1.807) is 0 Å². The van der Waals surface area contributed by atoms with Crippen LogP contribution < -0.4 is 0 Å². The van der Waals surface area contributed by atoms with E-state index in [0.717, 1.165) is 25.7 Å². The third kappa shape index (κ3) is 4.38. The molecule has 4 saturated carbocycles. The van der Waals surface area contributed by atoms with Crippen molar-refractivity contribution in [2.24, 2.45) is 45.3 Å². The van der Waals surface area contributed by atoms with Crippen LogP contribution in [-0.2, 0) is 4.79 Å². The summed E-state index contributed by atoms with van der Waals surface area (Å²) in [5.74, 6) is 1.76. The summed E-state index contributed by atoms with van der Waals surface area (Å²) in [7, 11) is 0. The van der Waals surface area contributed by atoms with E-state index in [2.05, 4.69) is 59.1 Å². The van der Waals surface area contributed by atoms with Crippen molar-refractivity contribution >= 4 is 6.29 Å². The first-order chi connectivity index (χ1) is 15.1. The largest absolute Gasteiger partial charge is 0.303 e. The second-order valence-electron chi connectivity index (χ2n) is 13.0. The molecule has 0 N–H and O–H groups in total. The minimum Gasteiger partial charge on any atom is -0.303 e. The number of aldehydes is 1. The molecule has 32 heavy (non-hydrogen) atoms. The van der Waals surface area contributed by atoms with Crippen molar-refractivity contribution in [2.75, 3.05) is 0 Å². The van der Waals surface area contributed by atoms with Crippen molar-refractivity contribution in [3.8, 4) is 6.07 Å². The van der Waals surface area contributed by atoms with Gasteiger partial charge in [0.05, 0.1) is 12.0 Å². The zero-order valence-electron chi connectivity index (χ0n) is 21.3. The molecule has 0 bridgehead atoms. The van der Waals surface area contributed by atoms with Crippen LogP contribution in [0.5, 0.6) is 0 Å². The second-order valence-corrected chi connectivity index (χ2v) is 13.0. The average Bonchev–Trinajstić information content (AvgIpc) is 3.19. The molecule has 0 amide bonds. The minimum absolute atomic E-state index is 0.284. The lowest BCUT2D eigenvalue weighted by atomic mass is 9.57. The first-order valence-electron chi connectivity index (χ1n) is 13.2. The highest BCUT2D eigenvalue weighted by Gasteiger charge is 2.57. The Kier molecular flexibility index (Phi) is 7.49. The molecule has 0 spiro atoms. The van der Waals surface area contributed by atoms with Crippen LogP contribution in [0, 0.1) is 56.7 Å². The van der Waals surface area contributed by atoms with Gasteiger partial charge in [-0.1, -0.05) is 52.7 Å². The Morgan fingerprint density at radius 3 is 1.81 bits per heavy atom. The molecular formula is C30H47NO. The van der Waals surface area contributed by atoms with Crippen LogP contribution in [0.2, 0.25) is 0 Å². The zero-order valence-corrected chi connectivity index (χ0v) is 21.3. The van der Waals surface area contributed by atoms with Crippen molar-refractivity contribution in [1.82, 2.24) is 0 Å². The van der Waals surface area contributed by atoms with Crippen LogP contribution in [0.15, 0.2) is 25.3 Å². The van der Waals surface area contributed by atoms with Crippen molar-refractivity contribution < 1.29 is 4.79 Å². The van der Waals surface area contributed by atoms with Gasteiger partial charge in [-0.3, -0.25) is 0 Å². The molecule has 6 atom stereocenters. The summed E-state index contributed by atoms with van der Waals surface area (Å²) in [5.41, 5.74) is 1.50. The molecule has 0 aliphatic heterocycles. The van der Waals surface area contributed by atoms with Crippen molar-refractivity contribution in [1.29, 1.82) is 5.26 Å². The monoisotopic (exact) mass is 437 g/mol. The molecule has 0 aromatic rings. The fraction of sp³-hybridized carbons (Fsp3) is 0.800. The Balaban J connectivity index is 0.000000181. The van der Waals surface area contributed by atoms with E-state index in [0.29, 0.717) is 39.4 Å². The van der Waals surface area contributed by atoms with Gasteiger partial charge in [-0.2, -0.15) is 5.26 Å². The molecule has 0 saturated heterocycles. The number of carbonyl (C=O) groups excluding carboxylic acids is 1. The highest BCUT2D eigenvalue weighted by molar-refractivity contribution is 5.55. The highest BCUT2D eigenvalue weighted by Crippen LogP contribution is 2.64. The summed E-state index contributed by atoms with van der Waals surface area (Å²) in [5, 5.41) is 9.38. The van der Waals surface area contributed by atoms with Crippen LogP contribution in [0.1, 0.15) is 105 Å². The molecule has 2 nitrogen and oxygen atoms in total. The predicted octanol–water partition coefficient (Wildman–Crippen LogP) is 8.29. The number of fused-ring (bicyclic) bond motifs is 2. The first kappa shape index (κ1) is 25.3. The maximum absolute atomic E-state index is 11.3. The molecule has 4 fully saturated rings. The summed E-state index contributed by atoms with van der Waals surface area (Å²) in [6, 6.07) is 2.58. The van der Waals surface area contributed by atoms with Crippen molar-refractivity contribution in [3.63, 3.8) is 0 Å². The lowest BCUT2D eigenvalue weighted by Gasteiger charge is -2.47. The third-order valence-electron chi connectivity index (χ3n) is 10.2. The van der Waals surface area contributed by atoms with Gasteiger partial charge in [0.2, 0.25) is 0 Å². The lowest BCUT2D eigenvalue weighted by Crippen LogP contribution is -2.41. The van der Waals surface area contributed by atoms with Gasteiger partial charge in [0.25, 0.3) is 0 Å². The number of nitrogens with zero attached hydrogens (tertiary/aromatic N) is 1. The summed E-state index contributed by atoms with van der Waals surface area (Å²) in [4.78, 5) is 11.3. The van der Waals surface area contributed by atoms with E-state index in [1.165, 1.54) is 57.7 Å². The van der Waals surface area contributed by atoms with Crippen LogP contribution >= 0.6 is 0 Å². The van der Waals surface area contributed by atoms with Gasteiger partial charge in [-0.15, -0.1) is 13.2 Å². The summed E-state index contributed by atoms with van der Waals surface area (Å²) in [6.07, 6.45) is 20.0. The molecule has 2 heteroatoms. The Labute approximate surface area is 197 Å². The van der Waals surface area contributed by atoms with E-state index in [9.17, 15) is 10.1 Å². The number of nitriles is 1. The molecule has 6 unspecified atom stereocenters. The van der Waals surface area contributed by atoms with Crippen LogP contribution in [0.4, 0.5) is 0 Å². The first-order valence-corrected chi connectivity index (χ1v) is 13.2. The summed E-state index contributed by atoms with van der Waals surface area (Å²) < 4.78 is 0. The van der Waals surface area contributed by atoms with Crippen molar-refractivity contribution in [3.05, 3.63) is 25.3 Å². The normalized spacial score (nSPS) is 41.2. The number of allylic oxidation sites excluding steroid dienone is 2. The topological polar surface area (TPSA) is 40.9 Å². The fourth-order valence-corrected chi connectivity index (χ4v) is 9.21. The molecule has 0 aromatic heterocycles. The minimum atomic E-state index is 0.284. The summed E-state index contributed by atoms with van der Waals surface area (Å²) in [6.45, 7) is 17.3. The molecule has 0 radical (unpaired) electrons. The van der Waals surface area contributed by atoms with Crippen LogP contribution in [0.3, 0.4) is 0 Å². The Hall–Kier alpha value is -1.36. The third-order valence-corrected chi connectivity index (χ3v) is 10.2. The summed E-state index contributed by atoms with van der Waals surface area (Å²) >= 11 is 0. The van der Waals surface area contributed by atoms with Gasteiger partial charge in [-0.25, -0.2) is 0 Å². The van der Waals surface area contributed by atoms with E-state index < -0.39 is 0 Å². The average molecular weight is 438 g/mol. The molecule has 4 aliphatic rings. The second kappa shape index (κ2) is 9.48. The fourth-order valence-electron chi connectivity index (χ4n) is 9.21. The van der Waals surface area contributed by atoms with Crippen LogP contribution in [0.25, 0.3) is 0 Å². The van der Waals surface area contributed by atoms with Crippen LogP contribution in [-0.4, -0.2) is 6.29 Å². The van der Waals surface area contributed by atoms with Gasteiger partial charge in [0.1, 0.15) is 6.29 Å². The van der Waals surface area contributed by atoms with E-state index in [-0.39, 0.29) is 5.92 Å². The molecule has 178 valence electrons. The molecule has 0 aromatic carbocycles. The molecular weight excluding hydrogens is 390 g/mol. The predicted molar refractivity (Wildman–Crippen MR) is 134 cm³/mol. The smallest absolute Gasteiger partial charge is 0.123 e. The van der Waals surface area contributed by atoms with E-state index >= 15 is 0 Å². The zero-order chi connectivity index (χ0) is 23.6. The quantitative estimate of drug-likeness (QED) is 0.320. The Morgan fingerprint density at radius 2 is 1.31 bits per heavy atom. The lowest BCUT2D eigenvalue weighted by molar-refractivity contribution is -0.118. The Bertz CT molecular complexity index is 742.